The highest BCUT2D eigenvalue weighted by Crippen LogP contribution is 2.26. The van der Waals surface area contributed by atoms with E-state index in [4.69, 9.17) is 4.74 Å². The molecule has 1 aliphatic rings. The molecule has 1 aromatic carbocycles. The summed E-state index contributed by atoms with van der Waals surface area (Å²) in [6.07, 6.45) is 2.84. The van der Waals surface area contributed by atoms with Crippen LogP contribution in [0.15, 0.2) is 24.3 Å². The van der Waals surface area contributed by atoms with Crippen LogP contribution in [0.5, 0.6) is 0 Å². The molecule has 1 saturated heterocycles. The summed E-state index contributed by atoms with van der Waals surface area (Å²) < 4.78 is 5.25. The molecule has 0 amide bonds. The van der Waals surface area contributed by atoms with Gasteiger partial charge in [0.1, 0.15) is 0 Å². The minimum Gasteiger partial charge on any atom is -0.373 e. The average Bonchev–Trinajstić information content (AvgIpc) is 3.02. The van der Waals surface area contributed by atoms with Gasteiger partial charge in [-0.2, -0.15) is 0 Å². The molecule has 1 heteroatoms. The van der Waals surface area contributed by atoms with Crippen molar-refractivity contribution in [2.75, 3.05) is 6.61 Å². The number of hydrogen-bond donors (Lipinski definition) is 0. The predicted molar refractivity (Wildman–Crippen MR) is 58.6 cm³/mol. The Kier molecular flexibility index (Phi) is 2.87. The molecular weight excluding hydrogens is 172 g/mol. The maximum atomic E-state index is 5.25. The standard InChI is InChI=1S/C13H18O/c1-3-11-4-6-12(7-5-11)10(2)8-13-9-14-13/h4-7,10,13H,3,8-9H2,1-2H3/t10-,13+/m1/s1. The van der Waals surface area contributed by atoms with Gasteiger partial charge in [-0.25, -0.2) is 0 Å². The molecule has 1 aromatic rings. The zero-order chi connectivity index (χ0) is 9.97. The van der Waals surface area contributed by atoms with Gasteiger partial charge in [0.2, 0.25) is 0 Å². The summed E-state index contributed by atoms with van der Waals surface area (Å²) in [5, 5.41) is 0. The van der Waals surface area contributed by atoms with Crippen molar-refractivity contribution in [3.05, 3.63) is 35.4 Å². The largest absolute Gasteiger partial charge is 0.373 e. The van der Waals surface area contributed by atoms with E-state index in [9.17, 15) is 0 Å². The SMILES string of the molecule is CCc1ccc([C@H](C)C[C@H]2CO2)cc1. The highest BCUT2D eigenvalue weighted by atomic mass is 16.6. The molecule has 0 aromatic heterocycles. The number of benzene rings is 1. The molecule has 0 radical (unpaired) electrons. The van der Waals surface area contributed by atoms with Crippen LogP contribution in [0.3, 0.4) is 0 Å². The van der Waals surface area contributed by atoms with Crippen LogP contribution >= 0.6 is 0 Å². The van der Waals surface area contributed by atoms with Crippen LogP contribution in [0, 0.1) is 0 Å². The van der Waals surface area contributed by atoms with Gasteiger partial charge < -0.3 is 4.74 Å². The molecule has 0 N–H and O–H groups in total. The number of ether oxygens (including phenoxy) is 1. The van der Waals surface area contributed by atoms with Gasteiger partial charge >= 0.3 is 0 Å². The van der Waals surface area contributed by atoms with E-state index in [-0.39, 0.29) is 0 Å². The Morgan fingerprint density at radius 3 is 2.50 bits per heavy atom. The lowest BCUT2D eigenvalue weighted by Gasteiger charge is -2.10. The van der Waals surface area contributed by atoms with Crippen LogP contribution in [-0.4, -0.2) is 12.7 Å². The molecule has 0 unspecified atom stereocenters. The molecule has 1 fully saturated rings. The van der Waals surface area contributed by atoms with Gasteiger partial charge in [0.05, 0.1) is 12.7 Å². The molecule has 0 aliphatic carbocycles. The van der Waals surface area contributed by atoms with E-state index < -0.39 is 0 Å². The fourth-order valence-electron chi connectivity index (χ4n) is 1.82. The van der Waals surface area contributed by atoms with E-state index in [1.807, 2.05) is 0 Å². The number of hydrogen-bond acceptors (Lipinski definition) is 1. The van der Waals surface area contributed by atoms with Gasteiger partial charge in [-0.3, -0.25) is 0 Å². The predicted octanol–water partition coefficient (Wildman–Crippen LogP) is 3.14. The van der Waals surface area contributed by atoms with E-state index in [0.717, 1.165) is 13.0 Å². The summed E-state index contributed by atoms with van der Waals surface area (Å²) in [7, 11) is 0. The number of aryl methyl sites for hydroxylation is 1. The van der Waals surface area contributed by atoms with Crippen molar-refractivity contribution in [1.29, 1.82) is 0 Å². The van der Waals surface area contributed by atoms with Crippen molar-refractivity contribution < 1.29 is 4.74 Å². The van der Waals surface area contributed by atoms with Gasteiger partial charge in [-0.15, -0.1) is 0 Å². The minimum atomic E-state index is 0.538. The van der Waals surface area contributed by atoms with Crippen LogP contribution in [0.4, 0.5) is 0 Å². The highest BCUT2D eigenvalue weighted by Gasteiger charge is 2.25. The molecule has 14 heavy (non-hydrogen) atoms. The van der Waals surface area contributed by atoms with E-state index in [1.54, 1.807) is 0 Å². The lowest BCUT2D eigenvalue weighted by atomic mass is 9.95. The van der Waals surface area contributed by atoms with E-state index in [0.29, 0.717) is 12.0 Å². The van der Waals surface area contributed by atoms with Gasteiger partial charge in [-0.1, -0.05) is 38.1 Å². The maximum absolute atomic E-state index is 5.25. The smallest absolute Gasteiger partial charge is 0.0815 e. The third kappa shape index (κ3) is 2.36. The van der Waals surface area contributed by atoms with Crippen molar-refractivity contribution in [2.24, 2.45) is 0 Å². The maximum Gasteiger partial charge on any atom is 0.0815 e. The fraction of sp³-hybridized carbons (Fsp3) is 0.538. The molecule has 0 saturated carbocycles. The van der Waals surface area contributed by atoms with Gasteiger partial charge in [0, 0.05) is 0 Å². The van der Waals surface area contributed by atoms with E-state index in [1.165, 1.54) is 17.5 Å². The molecule has 0 bridgehead atoms. The van der Waals surface area contributed by atoms with Crippen molar-refractivity contribution in [1.82, 2.24) is 0 Å². The van der Waals surface area contributed by atoms with E-state index >= 15 is 0 Å². The summed E-state index contributed by atoms with van der Waals surface area (Å²) in [5.74, 6) is 0.633. The molecule has 1 aliphatic heterocycles. The number of rotatable bonds is 4. The Bertz CT molecular complexity index is 285. The van der Waals surface area contributed by atoms with Crippen LogP contribution < -0.4 is 0 Å². The van der Waals surface area contributed by atoms with Crippen LogP contribution in [0.25, 0.3) is 0 Å². The molecular formula is C13H18O. The normalized spacial score (nSPS) is 22.0. The summed E-state index contributed by atoms with van der Waals surface area (Å²) in [6.45, 7) is 5.44. The van der Waals surface area contributed by atoms with Crippen molar-refractivity contribution >= 4 is 0 Å². The minimum absolute atomic E-state index is 0.538. The van der Waals surface area contributed by atoms with Gasteiger partial charge in [-0.05, 0) is 29.9 Å². The molecule has 1 heterocycles. The molecule has 76 valence electrons. The first-order valence-electron chi connectivity index (χ1n) is 5.50. The summed E-state index contributed by atoms with van der Waals surface area (Å²) in [5.41, 5.74) is 2.86. The Morgan fingerprint density at radius 1 is 1.36 bits per heavy atom. The van der Waals surface area contributed by atoms with Crippen LogP contribution in [0.2, 0.25) is 0 Å². The zero-order valence-electron chi connectivity index (χ0n) is 8.99. The number of epoxide rings is 1. The summed E-state index contributed by atoms with van der Waals surface area (Å²) in [4.78, 5) is 0. The quantitative estimate of drug-likeness (QED) is 0.664. The average molecular weight is 190 g/mol. The highest BCUT2D eigenvalue weighted by molar-refractivity contribution is 5.25. The summed E-state index contributed by atoms with van der Waals surface area (Å²) in [6, 6.07) is 8.98. The lowest BCUT2D eigenvalue weighted by molar-refractivity contribution is 0.385. The van der Waals surface area contributed by atoms with Crippen molar-refractivity contribution in [3.8, 4) is 0 Å². The van der Waals surface area contributed by atoms with Crippen molar-refractivity contribution in [3.63, 3.8) is 0 Å². The van der Waals surface area contributed by atoms with Crippen LogP contribution in [0.1, 0.15) is 37.3 Å². The Balaban J connectivity index is 1.99. The van der Waals surface area contributed by atoms with Crippen LogP contribution in [-0.2, 0) is 11.2 Å². The Morgan fingerprint density at radius 2 is 2.00 bits per heavy atom. The first-order valence-corrected chi connectivity index (χ1v) is 5.50. The molecule has 2 atom stereocenters. The van der Waals surface area contributed by atoms with Gasteiger partial charge in [0.15, 0.2) is 0 Å². The second-order valence-corrected chi connectivity index (χ2v) is 4.19. The van der Waals surface area contributed by atoms with E-state index in [2.05, 4.69) is 38.1 Å². The first kappa shape index (κ1) is 9.72. The monoisotopic (exact) mass is 190 g/mol. The van der Waals surface area contributed by atoms with Gasteiger partial charge in [0.25, 0.3) is 0 Å². The molecule has 2 rings (SSSR count). The second-order valence-electron chi connectivity index (χ2n) is 4.19. The Labute approximate surface area is 86.1 Å². The van der Waals surface area contributed by atoms with Crippen molar-refractivity contribution in [2.45, 2.75) is 38.7 Å². The molecule has 1 nitrogen and oxygen atoms in total. The third-order valence-electron chi connectivity index (χ3n) is 2.98. The zero-order valence-corrected chi connectivity index (χ0v) is 8.99. The topological polar surface area (TPSA) is 12.5 Å². The second kappa shape index (κ2) is 4.14. The summed E-state index contributed by atoms with van der Waals surface area (Å²) >= 11 is 0. The Hall–Kier alpha value is -0.820. The fourth-order valence-corrected chi connectivity index (χ4v) is 1.82. The third-order valence-corrected chi connectivity index (χ3v) is 2.98. The first-order chi connectivity index (χ1) is 6.79. The lowest BCUT2D eigenvalue weighted by Crippen LogP contribution is -1.98. The molecule has 0 spiro atoms.